The predicted molar refractivity (Wildman–Crippen MR) is 93.5 cm³/mol. The molecule has 0 aliphatic rings. The molecule has 0 saturated heterocycles. The van der Waals surface area contributed by atoms with Crippen molar-refractivity contribution in [3.63, 3.8) is 0 Å². The minimum atomic E-state index is -0.159. The van der Waals surface area contributed by atoms with E-state index in [1.807, 2.05) is 32.9 Å². The highest BCUT2D eigenvalue weighted by Gasteiger charge is 2.14. The zero-order valence-corrected chi connectivity index (χ0v) is 15.6. The lowest BCUT2D eigenvalue weighted by atomic mass is 10.1. The third kappa shape index (κ3) is 4.90. The molecular weight excluding hydrogens is 382 g/mol. The van der Waals surface area contributed by atoms with Gasteiger partial charge in [0, 0.05) is 4.47 Å². The molecule has 124 valence electrons. The van der Waals surface area contributed by atoms with Crippen LogP contribution in [-0.4, -0.2) is 29.3 Å². The molecule has 0 aliphatic carbocycles. The molecule has 0 bridgehead atoms. The smallest absolute Gasteiger partial charge is 0.230 e. The number of carbonyl (C=O) groups is 1. The average molecular weight is 400 g/mol. The van der Waals surface area contributed by atoms with Crippen molar-refractivity contribution in [3.8, 4) is 11.5 Å². The highest BCUT2D eigenvalue weighted by Crippen LogP contribution is 2.34. The predicted octanol–water partition coefficient (Wildman–Crippen LogP) is 3.59. The van der Waals surface area contributed by atoms with Gasteiger partial charge in [-0.2, -0.15) is 0 Å². The molecule has 0 spiro atoms. The fourth-order valence-electron chi connectivity index (χ4n) is 1.93. The van der Waals surface area contributed by atoms with Gasteiger partial charge in [0.25, 0.3) is 0 Å². The number of benzene rings is 1. The SMILES string of the molecule is CCOc1cc(Br)c(CC(=O)Nc2nnc(C)s2)cc1OCC. The van der Waals surface area contributed by atoms with Gasteiger partial charge in [-0.25, -0.2) is 0 Å². The maximum Gasteiger partial charge on any atom is 0.230 e. The normalized spacial score (nSPS) is 10.4. The summed E-state index contributed by atoms with van der Waals surface area (Å²) in [4.78, 5) is 12.2. The quantitative estimate of drug-likeness (QED) is 0.769. The van der Waals surface area contributed by atoms with E-state index >= 15 is 0 Å². The van der Waals surface area contributed by atoms with Crippen molar-refractivity contribution < 1.29 is 14.3 Å². The van der Waals surface area contributed by atoms with Crippen LogP contribution in [0.3, 0.4) is 0 Å². The van der Waals surface area contributed by atoms with Gasteiger partial charge in [0.1, 0.15) is 5.01 Å². The Balaban J connectivity index is 2.14. The maximum absolute atomic E-state index is 12.2. The number of halogens is 1. The zero-order chi connectivity index (χ0) is 16.8. The summed E-state index contributed by atoms with van der Waals surface area (Å²) in [7, 11) is 0. The van der Waals surface area contributed by atoms with Gasteiger partial charge in [0.05, 0.1) is 19.6 Å². The maximum atomic E-state index is 12.2. The minimum absolute atomic E-state index is 0.159. The molecule has 0 aliphatic heterocycles. The van der Waals surface area contributed by atoms with E-state index in [1.54, 1.807) is 0 Å². The molecular formula is C15H18BrN3O3S. The number of nitrogens with zero attached hydrogens (tertiary/aromatic N) is 2. The molecule has 0 fully saturated rings. The molecule has 0 saturated carbocycles. The van der Waals surface area contributed by atoms with Gasteiger partial charge in [-0.1, -0.05) is 27.3 Å². The van der Waals surface area contributed by atoms with Gasteiger partial charge in [-0.05, 0) is 38.5 Å². The summed E-state index contributed by atoms with van der Waals surface area (Å²) in [5, 5.41) is 11.8. The van der Waals surface area contributed by atoms with Gasteiger partial charge < -0.3 is 14.8 Å². The van der Waals surface area contributed by atoms with Crippen LogP contribution >= 0.6 is 27.3 Å². The number of rotatable bonds is 7. The number of carbonyl (C=O) groups excluding carboxylic acids is 1. The second-order valence-electron chi connectivity index (χ2n) is 4.61. The number of nitrogens with one attached hydrogen (secondary N) is 1. The Bertz CT molecular complexity index is 691. The number of aromatic nitrogens is 2. The molecule has 0 radical (unpaired) electrons. The number of ether oxygens (including phenoxy) is 2. The van der Waals surface area contributed by atoms with E-state index in [0.29, 0.717) is 29.8 Å². The monoisotopic (exact) mass is 399 g/mol. The van der Waals surface area contributed by atoms with Crippen molar-refractivity contribution in [3.05, 3.63) is 27.2 Å². The molecule has 6 nitrogen and oxygen atoms in total. The van der Waals surface area contributed by atoms with Crippen LogP contribution in [0.1, 0.15) is 24.4 Å². The summed E-state index contributed by atoms with van der Waals surface area (Å²) in [5.74, 6) is 1.13. The van der Waals surface area contributed by atoms with Crippen LogP contribution in [-0.2, 0) is 11.2 Å². The average Bonchev–Trinajstić information content (AvgIpc) is 2.89. The zero-order valence-electron chi connectivity index (χ0n) is 13.2. The van der Waals surface area contributed by atoms with Crippen LogP contribution in [0.2, 0.25) is 0 Å². The second kappa shape index (κ2) is 8.26. The summed E-state index contributed by atoms with van der Waals surface area (Å²) in [5.41, 5.74) is 0.815. The lowest BCUT2D eigenvalue weighted by molar-refractivity contribution is -0.115. The van der Waals surface area contributed by atoms with Crippen molar-refractivity contribution >= 4 is 38.3 Å². The Labute approximate surface area is 147 Å². The first-order chi connectivity index (χ1) is 11.0. The molecule has 2 aromatic rings. The molecule has 1 N–H and O–H groups in total. The van der Waals surface area contributed by atoms with Crippen molar-refractivity contribution in [2.45, 2.75) is 27.2 Å². The molecule has 0 unspecified atom stereocenters. The van der Waals surface area contributed by atoms with E-state index in [2.05, 4.69) is 31.4 Å². The molecule has 0 atom stereocenters. The molecule has 23 heavy (non-hydrogen) atoms. The number of amides is 1. The standard InChI is InChI=1S/C15H18BrN3O3S/c1-4-21-12-6-10(11(16)8-13(12)22-5-2)7-14(20)17-15-19-18-9(3)23-15/h6,8H,4-5,7H2,1-3H3,(H,17,19,20). The van der Waals surface area contributed by atoms with Gasteiger partial charge in [-0.15, -0.1) is 10.2 Å². The van der Waals surface area contributed by atoms with Gasteiger partial charge in [0.2, 0.25) is 11.0 Å². The Kier molecular flexibility index (Phi) is 6.35. The number of aryl methyl sites for hydroxylation is 1. The van der Waals surface area contributed by atoms with E-state index in [0.717, 1.165) is 15.0 Å². The van der Waals surface area contributed by atoms with E-state index in [-0.39, 0.29) is 12.3 Å². The van der Waals surface area contributed by atoms with Crippen molar-refractivity contribution in [1.82, 2.24) is 10.2 Å². The fraction of sp³-hybridized carbons (Fsp3) is 0.400. The number of hydrogen-bond acceptors (Lipinski definition) is 6. The molecule has 8 heteroatoms. The highest BCUT2D eigenvalue weighted by molar-refractivity contribution is 9.10. The first-order valence-electron chi connectivity index (χ1n) is 7.21. The van der Waals surface area contributed by atoms with Crippen LogP contribution in [0.5, 0.6) is 11.5 Å². The van der Waals surface area contributed by atoms with Crippen molar-refractivity contribution in [2.24, 2.45) is 0 Å². The highest BCUT2D eigenvalue weighted by atomic mass is 79.9. The molecule has 2 rings (SSSR count). The number of anilines is 1. The Morgan fingerprint density at radius 3 is 2.43 bits per heavy atom. The lowest BCUT2D eigenvalue weighted by Crippen LogP contribution is -2.14. The Hall–Kier alpha value is -1.67. The van der Waals surface area contributed by atoms with E-state index in [4.69, 9.17) is 9.47 Å². The molecule has 1 heterocycles. The summed E-state index contributed by atoms with van der Waals surface area (Å²) in [6.07, 6.45) is 0.200. The van der Waals surface area contributed by atoms with Crippen LogP contribution in [0, 0.1) is 6.92 Å². The van der Waals surface area contributed by atoms with Crippen LogP contribution in [0.15, 0.2) is 16.6 Å². The summed E-state index contributed by atoms with van der Waals surface area (Å²) in [6, 6.07) is 3.65. The molecule has 1 aromatic heterocycles. The third-order valence-electron chi connectivity index (χ3n) is 2.84. The van der Waals surface area contributed by atoms with Crippen LogP contribution in [0.25, 0.3) is 0 Å². The molecule has 1 amide bonds. The van der Waals surface area contributed by atoms with Gasteiger partial charge in [0.15, 0.2) is 11.5 Å². The topological polar surface area (TPSA) is 73.3 Å². The summed E-state index contributed by atoms with van der Waals surface area (Å²) in [6.45, 7) is 6.72. The van der Waals surface area contributed by atoms with Gasteiger partial charge in [-0.3, -0.25) is 4.79 Å². The van der Waals surface area contributed by atoms with E-state index < -0.39 is 0 Å². The first-order valence-corrected chi connectivity index (χ1v) is 8.82. The van der Waals surface area contributed by atoms with Gasteiger partial charge >= 0.3 is 0 Å². The van der Waals surface area contributed by atoms with Crippen LogP contribution < -0.4 is 14.8 Å². The Morgan fingerprint density at radius 1 is 1.22 bits per heavy atom. The summed E-state index contributed by atoms with van der Waals surface area (Å²) >= 11 is 4.82. The lowest BCUT2D eigenvalue weighted by Gasteiger charge is -2.14. The van der Waals surface area contributed by atoms with Crippen molar-refractivity contribution in [2.75, 3.05) is 18.5 Å². The second-order valence-corrected chi connectivity index (χ2v) is 6.64. The largest absolute Gasteiger partial charge is 0.490 e. The third-order valence-corrected chi connectivity index (χ3v) is 4.33. The Morgan fingerprint density at radius 2 is 1.87 bits per heavy atom. The molecule has 1 aromatic carbocycles. The first kappa shape index (κ1) is 17.7. The van der Waals surface area contributed by atoms with E-state index in [1.165, 1.54) is 11.3 Å². The van der Waals surface area contributed by atoms with E-state index in [9.17, 15) is 4.79 Å². The fourth-order valence-corrected chi connectivity index (χ4v) is 3.00. The summed E-state index contributed by atoms with van der Waals surface area (Å²) < 4.78 is 11.9. The number of hydrogen-bond donors (Lipinski definition) is 1. The minimum Gasteiger partial charge on any atom is -0.490 e. The van der Waals surface area contributed by atoms with Crippen LogP contribution in [0.4, 0.5) is 5.13 Å². The van der Waals surface area contributed by atoms with Crippen molar-refractivity contribution in [1.29, 1.82) is 0 Å².